The molecule has 4 aromatic rings. The molecular weight excluding hydrogens is 783 g/mol. The first-order valence-electron chi connectivity index (χ1n) is 20.5. The smallest absolute Gasteiger partial charge is 0.269 e. The Morgan fingerprint density at radius 2 is 1.66 bits per heavy atom. The van der Waals surface area contributed by atoms with Gasteiger partial charge in [0.1, 0.15) is 5.65 Å². The van der Waals surface area contributed by atoms with Crippen molar-refractivity contribution in [2.24, 2.45) is 0 Å². The van der Waals surface area contributed by atoms with E-state index in [1.807, 2.05) is 24.3 Å². The lowest BCUT2D eigenvalue weighted by Crippen LogP contribution is -2.47. The first kappa shape index (κ1) is 40.9. The fraction of sp³-hybridized carbons (Fsp3) is 0.500. The fourth-order valence-electron chi connectivity index (χ4n) is 9.04. The molecule has 3 aliphatic heterocycles. The number of imide groups is 1. The van der Waals surface area contributed by atoms with Crippen molar-refractivity contribution in [1.82, 2.24) is 29.1 Å². The van der Waals surface area contributed by atoms with E-state index in [0.29, 0.717) is 44.9 Å². The molecule has 1 aliphatic carbocycles. The molecule has 8 rings (SSSR count). The number of anilines is 2. The summed E-state index contributed by atoms with van der Waals surface area (Å²) in [5.74, 6) is -0.523. The van der Waals surface area contributed by atoms with Crippen molar-refractivity contribution in [1.29, 1.82) is 0 Å². The maximum absolute atomic E-state index is 13.9. The number of nitrogens with one attached hydrogen (secondary N) is 2. The number of fused-ring (bicyclic) bond motifs is 1. The highest BCUT2D eigenvalue weighted by Crippen LogP contribution is 2.40. The summed E-state index contributed by atoms with van der Waals surface area (Å²) in [6, 6.07) is 15.4. The lowest BCUT2D eigenvalue weighted by molar-refractivity contribution is -0.134. The van der Waals surface area contributed by atoms with Crippen LogP contribution in [-0.2, 0) is 26.0 Å². The van der Waals surface area contributed by atoms with Crippen molar-refractivity contribution in [2.45, 2.75) is 93.2 Å². The monoisotopic (exact) mass is 832 g/mol. The number of hydrogen-bond acceptors (Lipinski definition) is 11. The highest BCUT2D eigenvalue weighted by Gasteiger charge is 2.40. The summed E-state index contributed by atoms with van der Waals surface area (Å²) >= 11 is 0. The number of nitrogens with zero attached hydrogens (tertiary/aromatic N) is 6. The summed E-state index contributed by atoms with van der Waals surface area (Å²) in [6.07, 6.45) is 2.66. The van der Waals surface area contributed by atoms with Gasteiger partial charge < -0.3 is 15.3 Å². The third-order valence-electron chi connectivity index (χ3n) is 12.6. The average Bonchev–Trinajstić information content (AvgIpc) is 3.58. The summed E-state index contributed by atoms with van der Waals surface area (Å²) in [6.45, 7) is 6.45. The Morgan fingerprint density at radius 3 is 2.31 bits per heavy atom. The lowest BCUT2D eigenvalue weighted by atomic mass is 9.90. The molecule has 0 radical (unpaired) electrons. The zero-order valence-corrected chi connectivity index (χ0v) is 33.8. The number of rotatable bonds is 11. The Bertz CT molecular complexity index is 2360. The van der Waals surface area contributed by atoms with Gasteiger partial charge in [-0.3, -0.25) is 29.2 Å². The van der Waals surface area contributed by atoms with E-state index >= 15 is 0 Å². The van der Waals surface area contributed by atoms with Crippen LogP contribution in [0.5, 0.6) is 0 Å². The third-order valence-corrected chi connectivity index (χ3v) is 14.5. The van der Waals surface area contributed by atoms with Crippen LogP contribution < -0.4 is 21.1 Å². The van der Waals surface area contributed by atoms with E-state index in [-0.39, 0.29) is 58.7 Å². The second-order valence-electron chi connectivity index (χ2n) is 16.5. The number of aliphatic hydroxyl groups is 1. The number of amides is 2. The maximum atomic E-state index is 13.9. The quantitative estimate of drug-likeness (QED) is 0.184. The summed E-state index contributed by atoms with van der Waals surface area (Å²) in [5, 5.41) is 17.0. The summed E-state index contributed by atoms with van der Waals surface area (Å²) in [5.41, 5.74) is 0.471. The molecule has 2 amide bonds. The first-order valence-corrected chi connectivity index (χ1v) is 21.9. The fourth-order valence-corrected chi connectivity index (χ4v) is 10.5. The summed E-state index contributed by atoms with van der Waals surface area (Å²) in [7, 11) is -3.74. The van der Waals surface area contributed by atoms with Gasteiger partial charge in [0.25, 0.3) is 12.0 Å². The Hall–Kier alpha value is -4.84. The molecule has 0 spiro atoms. The van der Waals surface area contributed by atoms with Crippen molar-refractivity contribution in [3.63, 3.8) is 0 Å². The van der Waals surface area contributed by atoms with Gasteiger partial charge in [-0.05, 0) is 93.3 Å². The number of benzene rings is 2. The largest absolute Gasteiger partial charge is 0.388 e. The van der Waals surface area contributed by atoms with Gasteiger partial charge in [0, 0.05) is 75.5 Å². The van der Waals surface area contributed by atoms with E-state index in [1.165, 1.54) is 20.6 Å². The van der Waals surface area contributed by atoms with Gasteiger partial charge in [0.05, 0.1) is 28.0 Å². The highest BCUT2D eigenvalue weighted by atomic mass is 32.2. The van der Waals surface area contributed by atoms with Crippen LogP contribution in [0.1, 0.15) is 86.9 Å². The molecule has 1 unspecified atom stereocenters. The van der Waals surface area contributed by atoms with Gasteiger partial charge in [0.15, 0.2) is 0 Å². The van der Waals surface area contributed by atoms with Crippen LogP contribution in [0.25, 0.3) is 11.0 Å². The molecule has 314 valence electrons. The Labute approximate surface area is 341 Å². The molecule has 2 aromatic carbocycles. The summed E-state index contributed by atoms with van der Waals surface area (Å²) in [4.78, 5) is 50.8. The van der Waals surface area contributed by atoms with Crippen molar-refractivity contribution >= 4 is 44.5 Å². The van der Waals surface area contributed by atoms with Crippen LogP contribution in [0.4, 0.5) is 20.4 Å². The van der Waals surface area contributed by atoms with E-state index in [2.05, 4.69) is 42.5 Å². The molecule has 4 fully saturated rings. The second kappa shape index (κ2) is 16.7. The molecule has 0 bridgehead atoms. The highest BCUT2D eigenvalue weighted by molar-refractivity contribution is 7.89. The number of halogens is 2. The van der Waals surface area contributed by atoms with Crippen molar-refractivity contribution < 1.29 is 31.9 Å². The van der Waals surface area contributed by atoms with Gasteiger partial charge >= 0.3 is 0 Å². The zero-order chi connectivity index (χ0) is 41.5. The molecule has 17 heteroatoms. The lowest BCUT2D eigenvalue weighted by Gasteiger charge is -2.36. The van der Waals surface area contributed by atoms with E-state index in [9.17, 15) is 36.7 Å². The first-order chi connectivity index (χ1) is 28.3. The zero-order valence-electron chi connectivity index (χ0n) is 33.0. The van der Waals surface area contributed by atoms with Gasteiger partial charge in [-0.25, -0.2) is 22.2 Å². The number of hydrogen-bond donors (Lipinski definition) is 3. The summed E-state index contributed by atoms with van der Waals surface area (Å²) < 4.78 is 57.8. The van der Waals surface area contributed by atoms with Crippen LogP contribution in [0.3, 0.4) is 0 Å². The SMILES string of the molecule is C[C@@]1(O)CCC[C@H]1n1c(=O)c(C(F)F)cc2cnc(NC3CCN(S(=O)(=O)c4ccc(N5CCN(CCc6ccc(C7CCC(=O)NC7=O)cc6)CC5)cc4)CC3)nc21. The molecule has 3 atom stereocenters. The number of piperidine rings is 2. The van der Waals surface area contributed by atoms with Crippen LogP contribution >= 0.6 is 0 Å². The molecule has 2 aromatic heterocycles. The minimum atomic E-state index is -3.74. The van der Waals surface area contributed by atoms with E-state index in [0.717, 1.165) is 56.5 Å². The van der Waals surface area contributed by atoms with Crippen molar-refractivity contribution in [2.75, 3.05) is 56.0 Å². The number of alkyl halides is 2. The predicted octanol–water partition coefficient (Wildman–Crippen LogP) is 4.36. The van der Waals surface area contributed by atoms with Gasteiger partial charge in [-0.15, -0.1) is 0 Å². The molecule has 3 N–H and O–H groups in total. The minimum Gasteiger partial charge on any atom is -0.388 e. The van der Waals surface area contributed by atoms with Crippen LogP contribution in [-0.4, -0.2) is 107 Å². The normalized spacial score (nSPS) is 23.9. The Morgan fingerprint density at radius 1 is 0.949 bits per heavy atom. The second-order valence-corrected chi connectivity index (χ2v) is 18.4. The van der Waals surface area contributed by atoms with Gasteiger partial charge in [-0.2, -0.15) is 9.29 Å². The molecular formula is C42H50F2N8O6S. The van der Waals surface area contributed by atoms with Gasteiger partial charge in [-0.1, -0.05) is 24.3 Å². The van der Waals surface area contributed by atoms with E-state index < -0.39 is 39.2 Å². The topological polar surface area (TPSA) is 170 Å². The van der Waals surface area contributed by atoms with E-state index in [4.69, 9.17) is 0 Å². The van der Waals surface area contributed by atoms with Crippen LogP contribution in [0, 0.1) is 0 Å². The third kappa shape index (κ3) is 8.60. The van der Waals surface area contributed by atoms with E-state index in [1.54, 1.807) is 19.1 Å². The number of carbonyl (C=O) groups is 2. The number of sulfonamides is 1. The van der Waals surface area contributed by atoms with Crippen LogP contribution in [0.15, 0.2) is 70.5 Å². The molecule has 14 nitrogen and oxygen atoms in total. The molecule has 3 saturated heterocycles. The van der Waals surface area contributed by atoms with Crippen molar-refractivity contribution in [3.8, 4) is 0 Å². The Balaban J connectivity index is 0.830. The van der Waals surface area contributed by atoms with Gasteiger partial charge in [0.2, 0.25) is 27.8 Å². The average molecular weight is 833 g/mol. The number of aromatic nitrogens is 3. The number of pyridine rings is 1. The Kier molecular flexibility index (Phi) is 11.6. The number of piperazine rings is 1. The number of carbonyl (C=O) groups excluding carboxylic acids is 2. The maximum Gasteiger partial charge on any atom is 0.269 e. The van der Waals surface area contributed by atoms with Crippen LogP contribution in [0.2, 0.25) is 0 Å². The molecule has 59 heavy (non-hydrogen) atoms. The predicted molar refractivity (Wildman–Crippen MR) is 218 cm³/mol. The van der Waals surface area contributed by atoms with Crippen molar-refractivity contribution in [3.05, 3.63) is 87.8 Å². The molecule has 1 saturated carbocycles. The molecule has 5 heterocycles. The standard InChI is InChI=1S/C42H50F2N8O6S/c1-42(56)17-2-3-35(42)52-38-29(25-34(37(43)44)40(52)55)26-45-41(48-38)46-30-15-19-51(20-16-30)59(57,58)32-10-8-31(9-11-32)50-23-21-49(22-24-50)18-14-27-4-6-28(7-5-27)33-12-13-36(53)47-39(33)54/h4-11,25-26,30,33,35,37,56H,2-3,12-24H2,1H3,(H,45,46,48)(H,47,53,54)/t33?,35-,42-/m1/s1. The molecule has 4 aliphatic rings. The minimum absolute atomic E-state index is 0.166.